The highest BCUT2D eigenvalue weighted by molar-refractivity contribution is 7.93. The number of nitrogens with zero attached hydrogens (tertiary/aromatic N) is 2. The van der Waals surface area contributed by atoms with Crippen LogP contribution in [0.4, 0.5) is 4.39 Å². The predicted molar refractivity (Wildman–Crippen MR) is 46.8 cm³/mol. The molecule has 1 atom stereocenters. The topological polar surface area (TPSA) is 53.2 Å². The Bertz CT molecular complexity index is 469. The van der Waals surface area contributed by atoms with Gasteiger partial charge >= 0.3 is 0 Å². The van der Waals surface area contributed by atoms with E-state index < -0.39 is 15.5 Å². The maximum Gasteiger partial charge on any atom is 0.214 e. The first-order valence-electron chi connectivity index (χ1n) is 3.43. The number of hydrogen-bond acceptors (Lipinski definition) is 3. The molecule has 0 fully saturated rings. The third-order valence-electron chi connectivity index (χ3n) is 1.46. The van der Waals surface area contributed by atoms with Crippen LogP contribution in [-0.2, 0) is 9.73 Å². The van der Waals surface area contributed by atoms with Gasteiger partial charge in [-0.15, -0.1) is 4.36 Å². The van der Waals surface area contributed by atoms with Gasteiger partial charge < -0.3 is 0 Å². The van der Waals surface area contributed by atoms with Crippen molar-refractivity contribution in [1.82, 2.24) is 0 Å². The molecule has 0 saturated carbocycles. The largest absolute Gasteiger partial charge is 0.244 e. The van der Waals surface area contributed by atoms with Crippen molar-refractivity contribution in [3.05, 3.63) is 30.1 Å². The summed E-state index contributed by atoms with van der Waals surface area (Å²) in [7, 11) is -2.90. The highest BCUT2D eigenvalue weighted by atomic mass is 32.2. The van der Waals surface area contributed by atoms with Gasteiger partial charge in [0.15, 0.2) is 0 Å². The van der Waals surface area contributed by atoms with Crippen LogP contribution in [0.5, 0.6) is 0 Å². The molecule has 68 valence electrons. The second-order valence-corrected chi connectivity index (χ2v) is 4.65. The maximum atomic E-state index is 13.1. The molecule has 0 saturated heterocycles. The molecule has 1 unspecified atom stereocenters. The van der Waals surface area contributed by atoms with E-state index in [1.54, 1.807) is 6.07 Å². The fraction of sp³-hybridized carbons (Fsp3) is 0.125. The molecular formula is C8H7FN2OS. The summed E-state index contributed by atoms with van der Waals surface area (Å²) in [6, 6.07) is 5.58. The van der Waals surface area contributed by atoms with Gasteiger partial charge in [-0.05, 0) is 12.1 Å². The molecule has 5 heteroatoms. The Morgan fingerprint density at radius 2 is 2.15 bits per heavy atom. The molecule has 0 N–H and O–H groups in total. The molecule has 1 aromatic rings. The van der Waals surface area contributed by atoms with Crippen LogP contribution in [0.3, 0.4) is 0 Å². The molecule has 0 aliphatic carbocycles. The van der Waals surface area contributed by atoms with Crippen LogP contribution < -0.4 is 0 Å². The summed E-state index contributed by atoms with van der Waals surface area (Å²) < 4.78 is 27.8. The summed E-state index contributed by atoms with van der Waals surface area (Å²) in [4.78, 5) is -0.0310. The van der Waals surface area contributed by atoms with Gasteiger partial charge in [0.05, 0.1) is 14.6 Å². The molecule has 0 amide bonds. The molecule has 13 heavy (non-hydrogen) atoms. The fourth-order valence-electron chi connectivity index (χ4n) is 0.879. The highest BCUT2D eigenvalue weighted by Crippen LogP contribution is 2.14. The normalized spacial score (nSPS) is 14.2. The van der Waals surface area contributed by atoms with E-state index in [9.17, 15) is 8.60 Å². The Labute approximate surface area is 76.0 Å². The van der Waals surface area contributed by atoms with Crippen molar-refractivity contribution in [3.63, 3.8) is 0 Å². The van der Waals surface area contributed by atoms with Crippen LogP contribution in [0.1, 0.15) is 0 Å². The lowest BCUT2D eigenvalue weighted by Crippen LogP contribution is -1.99. The molecule has 3 nitrogen and oxygen atoms in total. The molecule has 0 aromatic heterocycles. The van der Waals surface area contributed by atoms with Crippen LogP contribution in [0, 0.1) is 17.3 Å². The van der Waals surface area contributed by atoms with Gasteiger partial charge in [-0.1, -0.05) is 12.1 Å². The van der Waals surface area contributed by atoms with E-state index in [0.29, 0.717) is 0 Å². The lowest BCUT2D eigenvalue weighted by atomic mass is 10.4. The minimum absolute atomic E-state index is 0.0310. The number of rotatable bonds is 1. The van der Waals surface area contributed by atoms with Crippen molar-refractivity contribution in [2.75, 3.05) is 6.26 Å². The van der Waals surface area contributed by atoms with Crippen molar-refractivity contribution in [1.29, 1.82) is 5.26 Å². The quantitative estimate of drug-likeness (QED) is 0.645. The van der Waals surface area contributed by atoms with Crippen LogP contribution in [0.25, 0.3) is 0 Å². The summed E-state index contributed by atoms with van der Waals surface area (Å²) in [6.45, 7) is 0. The number of hydrogen-bond donors (Lipinski definition) is 0. The van der Waals surface area contributed by atoms with Crippen molar-refractivity contribution in [2.24, 2.45) is 4.36 Å². The second-order valence-electron chi connectivity index (χ2n) is 2.42. The maximum absolute atomic E-state index is 13.1. The molecule has 0 bridgehead atoms. The van der Waals surface area contributed by atoms with E-state index in [0.717, 1.165) is 0 Å². The molecule has 1 rings (SSSR count). The zero-order valence-electron chi connectivity index (χ0n) is 6.90. The average Bonchev–Trinajstić information content (AvgIpc) is 2.04. The van der Waals surface area contributed by atoms with Crippen LogP contribution in [0.15, 0.2) is 33.5 Å². The van der Waals surface area contributed by atoms with Crippen molar-refractivity contribution < 1.29 is 8.60 Å². The van der Waals surface area contributed by atoms with Crippen molar-refractivity contribution in [3.8, 4) is 6.19 Å². The third-order valence-corrected chi connectivity index (χ3v) is 3.04. The molecule has 1 aromatic carbocycles. The summed E-state index contributed by atoms with van der Waals surface area (Å²) in [5.74, 6) is -0.603. The number of halogens is 1. The SMILES string of the molecule is CS(=O)(=NC#N)c1ccccc1F. The van der Waals surface area contributed by atoms with Crippen LogP contribution in [0.2, 0.25) is 0 Å². The smallest absolute Gasteiger partial charge is 0.214 e. The van der Waals surface area contributed by atoms with E-state index in [1.165, 1.54) is 30.6 Å². The van der Waals surface area contributed by atoms with Gasteiger partial charge in [0, 0.05) is 6.26 Å². The summed E-state index contributed by atoms with van der Waals surface area (Å²) >= 11 is 0. The van der Waals surface area contributed by atoms with Gasteiger partial charge in [0.2, 0.25) is 6.19 Å². The van der Waals surface area contributed by atoms with E-state index >= 15 is 0 Å². The van der Waals surface area contributed by atoms with E-state index in [2.05, 4.69) is 4.36 Å². The lowest BCUT2D eigenvalue weighted by Gasteiger charge is -2.01. The second kappa shape index (κ2) is 3.54. The van der Waals surface area contributed by atoms with Crippen molar-refractivity contribution >= 4 is 9.73 Å². The summed E-state index contributed by atoms with van der Waals surface area (Å²) in [5, 5.41) is 8.24. The summed E-state index contributed by atoms with van der Waals surface area (Å²) in [6.07, 6.45) is 2.65. The zero-order chi connectivity index (χ0) is 9.90. The standard InChI is InChI=1S/C8H7FN2OS/c1-13(12,11-6-10)8-5-3-2-4-7(8)9/h2-5H,1H3. The Kier molecular flexibility index (Phi) is 2.63. The molecule has 0 radical (unpaired) electrons. The lowest BCUT2D eigenvalue weighted by molar-refractivity contribution is 0.594. The Morgan fingerprint density at radius 3 is 2.69 bits per heavy atom. The molecular weight excluding hydrogens is 191 g/mol. The number of nitriles is 1. The van der Waals surface area contributed by atoms with Gasteiger partial charge in [-0.25, -0.2) is 8.60 Å². The minimum atomic E-state index is -2.90. The van der Waals surface area contributed by atoms with Crippen LogP contribution >= 0.6 is 0 Å². The Hall–Kier alpha value is -1.41. The molecule has 0 heterocycles. The predicted octanol–water partition coefficient (Wildman–Crippen LogP) is 1.76. The summed E-state index contributed by atoms with van der Waals surface area (Å²) in [5.41, 5.74) is 0. The average molecular weight is 198 g/mol. The van der Waals surface area contributed by atoms with Crippen molar-refractivity contribution in [2.45, 2.75) is 4.90 Å². The molecule has 0 aliphatic heterocycles. The zero-order valence-corrected chi connectivity index (χ0v) is 7.71. The van der Waals surface area contributed by atoms with E-state index in [1.807, 2.05) is 0 Å². The highest BCUT2D eigenvalue weighted by Gasteiger charge is 2.10. The van der Waals surface area contributed by atoms with Gasteiger partial charge in [-0.2, -0.15) is 5.26 Å². The third kappa shape index (κ3) is 2.04. The van der Waals surface area contributed by atoms with Crippen LogP contribution in [-0.4, -0.2) is 10.5 Å². The van der Waals surface area contributed by atoms with Gasteiger partial charge in [0.1, 0.15) is 5.82 Å². The van der Waals surface area contributed by atoms with E-state index in [4.69, 9.17) is 5.26 Å². The van der Waals surface area contributed by atoms with E-state index in [-0.39, 0.29) is 4.90 Å². The fourth-order valence-corrected chi connectivity index (χ4v) is 1.89. The minimum Gasteiger partial charge on any atom is -0.244 e. The molecule has 0 aliphatic rings. The number of benzene rings is 1. The van der Waals surface area contributed by atoms with Gasteiger partial charge in [-0.3, -0.25) is 0 Å². The Morgan fingerprint density at radius 1 is 1.54 bits per heavy atom. The van der Waals surface area contributed by atoms with Gasteiger partial charge in [0.25, 0.3) is 0 Å². The first-order valence-corrected chi connectivity index (χ1v) is 5.35. The molecule has 0 spiro atoms. The Balaban J connectivity index is 3.42. The first kappa shape index (κ1) is 9.68. The first-order chi connectivity index (χ1) is 6.08. The monoisotopic (exact) mass is 198 g/mol.